The molecule has 0 aliphatic heterocycles. The molecule has 1 nitrogen and oxygen atoms in total. The van der Waals surface area contributed by atoms with E-state index in [9.17, 15) is 17.6 Å². The lowest BCUT2D eigenvalue weighted by molar-refractivity contribution is 0.295. The molecule has 3 rings (SSSR count). The van der Waals surface area contributed by atoms with Crippen LogP contribution in [0.25, 0.3) is 11.1 Å². The summed E-state index contributed by atoms with van der Waals surface area (Å²) >= 11 is 0. The zero-order chi connectivity index (χ0) is 22.4. The number of ether oxygens (including phenoxy) is 1. The summed E-state index contributed by atoms with van der Waals surface area (Å²) in [4.78, 5) is 0. The molecule has 1 aliphatic carbocycles. The Bertz CT molecular complexity index is 872. The van der Waals surface area contributed by atoms with Crippen LogP contribution in [-0.2, 0) is 0 Å². The van der Waals surface area contributed by atoms with Crippen LogP contribution < -0.4 is 4.74 Å². The molecular formula is C26H32F4O. The first kappa shape index (κ1) is 23.6. The monoisotopic (exact) mass is 436 g/mol. The highest BCUT2D eigenvalue weighted by Gasteiger charge is 2.27. The Morgan fingerprint density at radius 3 is 2.03 bits per heavy atom. The Balaban J connectivity index is 1.77. The molecule has 5 heteroatoms. The Morgan fingerprint density at radius 2 is 1.39 bits per heavy atom. The summed E-state index contributed by atoms with van der Waals surface area (Å²) in [6.45, 7) is 4.28. The second kappa shape index (κ2) is 11.0. The molecule has 0 heterocycles. The van der Waals surface area contributed by atoms with Crippen molar-refractivity contribution in [2.45, 2.75) is 77.6 Å². The maximum atomic E-state index is 14.9. The first-order chi connectivity index (χ1) is 15.0. The average Bonchev–Trinajstić information content (AvgIpc) is 2.78. The van der Waals surface area contributed by atoms with Crippen LogP contribution in [0.5, 0.6) is 5.75 Å². The third-order valence-corrected chi connectivity index (χ3v) is 6.41. The predicted octanol–water partition coefficient (Wildman–Crippen LogP) is 8.55. The summed E-state index contributed by atoms with van der Waals surface area (Å²) < 4.78 is 63.9. The minimum Gasteiger partial charge on any atom is -0.490 e. The Hall–Kier alpha value is -2.04. The fourth-order valence-electron chi connectivity index (χ4n) is 4.60. The van der Waals surface area contributed by atoms with Crippen molar-refractivity contribution >= 4 is 0 Å². The Kier molecular flexibility index (Phi) is 8.39. The number of hydrogen-bond donors (Lipinski definition) is 0. The van der Waals surface area contributed by atoms with Gasteiger partial charge in [-0.25, -0.2) is 13.2 Å². The van der Waals surface area contributed by atoms with Gasteiger partial charge in [-0.2, -0.15) is 4.39 Å². The van der Waals surface area contributed by atoms with E-state index in [1.54, 1.807) is 0 Å². The molecular weight excluding hydrogens is 404 g/mol. The standard InChI is InChI=1S/C26H32F4O/c1-3-5-6-7-17-8-10-18(11-9-17)19-12-13-20(24(28)23(19)27)21-14-15-22(31-16-4-2)26(30)25(21)29/h12-15,17-18H,3-11,16H2,1-2H3. The predicted molar refractivity (Wildman–Crippen MR) is 116 cm³/mol. The third kappa shape index (κ3) is 5.42. The highest BCUT2D eigenvalue weighted by Crippen LogP contribution is 2.41. The molecule has 170 valence electrons. The van der Waals surface area contributed by atoms with Crippen LogP contribution in [0.15, 0.2) is 24.3 Å². The zero-order valence-electron chi connectivity index (χ0n) is 18.5. The SMILES string of the molecule is CCCCCC1CCC(c2ccc(-c3ccc(OCCC)c(F)c3F)c(F)c2F)CC1. The lowest BCUT2D eigenvalue weighted by atomic mass is 9.76. The molecule has 31 heavy (non-hydrogen) atoms. The average molecular weight is 437 g/mol. The van der Waals surface area contributed by atoms with Crippen LogP contribution in [0.4, 0.5) is 17.6 Å². The van der Waals surface area contributed by atoms with Crippen LogP contribution in [0.2, 0.25) is 0 Å². The summed E-state index contributed by atoms with van der Waals surface area (Å²) in [5.41, 5.74) is -0.228. The molecule has 1 aliphatic rings. The van der Waals surface area contributed by atoms with Crippen molar-refractivity contribution in [2.24, 2.45) is 5.92 Å². The van der Waals surface area contributed by atoms with Crippen molar-refractivity contribution < 1.29 is 22.3 Å². The van der Waals surface area contributed by atoms with Gasteiger partial charge in [0.25, 0.3) is 0 Å². The van der Waals surface area contributed by atoms with E-state index in [2.05, 4.69) is 6.92 Å². The van der Waals surface area contributed by atoms with Crippen LogP contribution in [0.1, 0.15) is 83.1 Å². The molecule has 0 atom stereocenters. The number of hydrogen-bond acceptors (Lipinski definition) is 1. The topological polar surface area (TPSA) is 9.23 Å². The number of benzene rings is 2. The van der Waals surface area contributed by atoms with E-state index in [1.165, 1.54) is 49.9 Å². The van der Waals surface area contributed by atoms with E-state index >= 15 is 0 Å². The van der Waals surface area contributed by atoms with Gasteiger partial charge in [0, 0.05) is 11.1 Å². The van der Waals surface area contributed by atoms with Crippen molar-refractivity contribution in [1.29, 1.82) is 0 Å². The highest BCUT2D eigenvalue weighted by atomic mass is 19.2. The minimum absolute atomic E-state index is 0.0302. The molecule has 0 amide bonds. The van der Waals surface area contributed by atoms with E-state index < -0.39 is 23.3 Å². The van der Waals surface area contributed by atoms with E-state index in [-0.39, 0.29) is 29.4 Å². The van der Waals surface area contributed by atoms with Crippen LogP contribution in [-0.4, -0.2) is 6.61 Å². The van der Waals surface area contributed by atoms with E-state index in [0.717, 1.165) is 25.7 Å². The van der Waals surface area contributed by atoms with E-state index in [1.807, 2.05) is 6.92 Å². The zero-order valence-corrected chi connectivity index (χ0v) is 18.5. The van der Waals surface area contributed by atoms with Gasteiger partial charge in [0.15, 0.2) is 23.2 Å². The molecule has 0 saturated heterocycles. The lowest BCUT2D eigenvalue weighted by Gasteiger charge is -2.29. The van der Waals surface area contributed by atoms with Crippen LogP contribution in [0, 0.1) is 29.2 Å². The van der Waals surface area contributed by atoms with Gasteiger partial charge in [-0.15, -0.1) is 0 Å². The van der Waals surface area contributed by atoms with Crippen LogP contribution >= 0.6 is 0 Å². The quantitative estimate of drug-likeness (QED) is 0.283. The highest BCUT2D eigenvalue weighted by molar-refractivity contribution is 5.66. The van der Waals surface area contributed by atoms with Gasteiger partial charge in [0.1, 0.15) is 0 Å². The minimum atomic E-state index is -1.23. The Morgan fingerprint density at radius 1 is 0.742 bits per heavy atom. The fraction of sp³-hybridized carbons (Fsp3) is 0.538. The maximum Gasteiger partial charge on any atom is 0.201 e. The number of halogens is 4. The summed E-state index contributed by atoms with van der Waals surface area (Å²) in [5.74, 6) is -4.07. The third-order valence-electron chi connectivity index (χ3n) is 6.41. The van der Waals surface area contributed by atoms with Crippen molar-refractivity contribution in [3.8, 4) is 16.9 Å². The first-order valence-corrected chi connectivity index (χ1v) is 11.6. The van der Waals surface area contributed by atoms with Gasteiger partial charge < -0.3 is 4.74 Å². The van der Waals surface area contributed by atoms with Gasteiger partial charge >= 0.3 is 0 Å². The smallest absolute Gasteiger partial charge is 0.201 e. The lowest BCUT2D eigenvalue weighted by Crippen LogP contribution is -2.15. The molecule has 0 radical (unpaired) electrons. The van der Waals surface area contributed by atoms with Crippen LogP contribution in [0.3, 0.4) is 0 Å². The molecule has 0 bridgehead atoms. The molecule has 0 aromatic heterocycles. The van der Waals surface area contributed by atoms with Crippen molar-refractivity contribution in [1.82, 2.24) is 0 Å². The van der Waals surface area contributed by atoms with Gasteiger partial charge in [0.05, 0.1) is 6.61 Å². The van der Waals surface area contributed by atoms with E-state index in [4.69, 9.17) is 4.74 Å². The molecule has 0 N–H and O–H groups in total. The fourth-order valence-corrected chi connectivity index (χ4v) is 4.60. The molecule has 0 unspecified atom stereocenters. The summed E-state index contributed by atoms with van der Waals surface area (Å²) in [7, 11) is 0. The van der Waals surface area contributed by atoms with Crippen molar-refractivity contribution in [2.75, 3.05) is 6.61 Å². The number of unbranched alkanes of at least 4 members (excludes halogenated alkanes) is 2. The van der Waals surface area contributed by atoms with E-state index in [0.29, 0.717) is 17.9 Å². The molecule has 0 spiro atoms. The summed E-state index contributed by atoms with van der Waals surface area (Å²) in [5, 5.41) is 0. The van der Waals surface area contributed by atoms with Gasteiger partial charge in [-0.3, -0.25) is 0 Å². The molecule has 2 aromatic carbocycles. The summed E-state index contributed by atoms with van der Waals surface area (Å²) in [6, 6.07) is 5.40. The number of rotatable bonds is 9. The van der Waals surface area contributed by atoms with Crippen molar-refractivity contribution in [3.05, 3.63) is 53.1 Å². The molecule has 1 fully saturated rings. The largest absolute Gasteiger partial charge is 0.490 e. The maximum absolute atomic E-state index is 14.9. The van der Waals surface area contributed by atoms with Crippen molar-refractivity contribution in [3.63, 3.8) is 0 Å². The van der Waals surface area contributed by atoms with Gasteiger partial charge in [-0.1, -0.05) is 51.7 Å². The summed E-state index contributed by atoms with van der Waals surface area (Å²) in [6.07, 6.45) is 9.23. The van der Waals surface area contributed by atoms with Gasteiger partial charge in [-0.05, 0) is 61.6 Å². The second-order valence-electron chi connectivity index (χ2n) is 8.63. The first-order valence-electron chi connectivity index (χ1n) is 11.6. The molecule has 2 aromatic rings. The normalized spacial score (nSPS) is 18.9. The van der Waals surface area contributed by atoms with Gasteiger partial charge in [0.2, 0.25) is 5.82 Å². The second-order valence-corrected chi connectivity index (χ2v) is 8.63. The molecule has 1 saturated carbocycles. The Labute approximate surface area is 182 Å².